The van der Waals surface area contributed by atoms with Crippen molar-refractivity contribution in [3.63, 3.8) is 0 Å². The van der Waals surface area contributed by atoms with E-state index in [1.807, 2.05) is 38.4 Å². The highest BCUT2D eigenvalue weighted by atomic mass is 16.5. The molecular formula is C20H25N3O3. The lowest BCUT2D eigenvalue weighted by molar-refractivity contribution is -0.130. The van der Waals surface area contributed by atoms with Gasteiger partial charge in [0.2, 0.25) is 0 Å². The fourth-order valence-corrected chi connectivity index (χ4v) is 2.32. The maximum absolute atomic E-state index is 12.5. The number of hydrogen-bond donors (Lipinski definition) is 1. The largest absolute Gasteiger partial charge is 0.484 e. The van der Waals surface area contributed by atoms with Crippen LogP contribution in [0, 0.1) is 0 Å². The van der Waals surface area contributed by atoms with E-state index in [-0.39, 0.29) is 18.4 Å². The third kappa shape index (κ3) is 5.89. The molecule has 6 heteroatoms. The van der Waals surface area contributed by atoms with Gasteiger partial charge in [0.05, 0.1) is 0 Å². The Morgan fingerprint density at radius 3 is 2.42 bits per heavy atom. The molecule has 0 fully saturated rings. The molecule has 0 aliphatic carbocycles. The van der Waals surface area contributed by atoms with E-state index < -0.39 is 0 Å². The highest BCUT2D eigenvalue weighted by molar-refractivity contribution is 6.04. The van der Waals surface area contributed by atoms with Crippen LogP contribution < -0.4 is 10.1 Å². The van der Waals surface area contributed by atoms with Gasteiger partial charge in [-0.1, -0.05) is 18.2 Å². The predicted octanol–water partition coefficient (Wildman–Crippen LogP) is 2.47. The molecule has 0 saturated carbocycles. The van der Waals surface area contributed by atoms with Crippen molar-refractivity contribution in [3.8, 4) is 5.75 Å². The molecule has 0 aromatic heterocycles. The zero-order valence-corrected chi connectivity index (χ0v) is 15.7. The second-order valence-electron chi connectivity index (χ2n) is 6.50. The summed E-state index contributed by atoms with van der Waals surface area (Å²) in [4.78, 5) is 27.6. The summed E-state index contributed by atoms with van der Waals surface area (Å²) in [5.74, 6) is 0.114. The standard InChI is InChI=1S/C20H25N3O3/c1-22(2)13-15-7-5-9-17(11-15)21-20(25)16-8-6-10-18(12-16)26-14-19(24)23(3)4/h5-12H,13-14H2,1-4H3,(H,21,25). The first-order valence-corrected chi connectivity index (χ1v) is 8.33. The quantitative estimate of drug-likeness (QED) is 0.829. The SMILES string of the molecule is CN(C)Cc1cccc(NC(=O)c2cccc(OCC(=O)N(C)C)c2)c1. The van der Waals surface area contributed by atoms with Crippen molar-refractivity contribution < 1.29 is 14.3 Å². The lowest BCUT2D eigenvalue weighted by atomic mass is 10.1. The smallest absolute Gasteiger partial charge is 0.259 e. The average molecular weight is 355 g/mol. The first kappa shape index (κ1) is 19.5. The number of nitrogens with one attached hydrogen (secondary N) is 1. The summed E-state index contributed by atoms with van der Waals surface area (Å²) < 4.78 is 5.46. The maximum Gasteiger partial charge on any atom is 0.259 e. The first-order chi connectivity index (χ1) is 12.3. The predicted molar refractivity (Wildman–Crippen MR) is 102 cm³/mol. The van der Waals surface area contributed by atoms with E-state index in [0.29, 0.717) is 11.3 Å². The Labute approximate surface area is 154 Å². The molecule has 2 aromatic carbocycles. The van der Waals surface area contributed by atoms with E-state index in [9.17, 15) is 9.59 Å². The maximum atomic E-state index is 12.5. The number of hydrogen-bond acceptors (Lipinski definition) is 4. The van der Waals surface area contributed by atoms with Gasteiger partial charge >= 0.3 is 0 Å². The van der Waals surface area contributed by atoms with Crippen molar-refractivity contribution in [1.29, 1.82) is 0 Å². The molecule has 6 nitrogen and oxygen atoms in total. The number of benzene rings is 2. The Bertz CT molecular complexity index is 772. The number of anilines is 1. The Hall–Kier alpha value is -2.86. The van der Waals surface area contributed by atoms with Crippen LogP contribution in [0.2, 0.25) is 0 Å². The summed E-state index contributed by atoms with van der Waals surface area (Å²) in [6.07, 6.45) is 0. The Morgan fingerprint density at radius 1 is 1.00 bits per heavy atom. The molecule has 0 saturated heterocycles. The number of likely N-dealkylation sites (N-methyl/N-ethyl adjacent to an activating group) is 1. The Balaban J connectivity index is 2.03. The van der Waals surface area contributed by atoms with Gasteiger partial charge in [-0.05, 0) is 50.0 Å². The number of amides is 2. The molecule has 2 rings (SSSR count). The van der Waals surface area contributed by atoms with Gasteiger partial charge in [-0.2, -0.15) is 0 Å². The van der Waals surface area contributed by atoms with E-state index in [4.69, 9.17) is 4.74 Å². The van der Waals surface area contributed by atoms with Crippen LogP contribution >= 0.6 is 0 Å². The van der Waals surface area contributed by atoms with Gasteiger partial charge in [0.25, 0.3) is 11.8 Å². The van der Waals surface area contributed by atoms with Gasteiger partial charge in [-0.3, -0.25) is 9.59 Å². The van der Waals surface area contributed by atoms with E-state index in [1.165, 1.54) is 4.90 Å². The van der Waals surface area contributed by atoms with E-state index in [0.717, 1.165) is 17.8 Å². The molecule has 0 aliphatic rings. The molecule has 0 heterocycles. The normalized spacial score (nSPS) is 10.5. The van der Waals surface area contributed by atoms with Crippen molar-refractivity contribution in [3.05, 3.63) is 59.7 Å². The molecule has 0 unspecified atom stereocenters. The summed E-state index contributed by atoms with van der Waals surface area (Å²) in [5.41, 5.74) is 2.33. The van der Waals surface area contributed by atoms with Crippen molar-refractivity contribution in [2.24, 2.45) is 0 Å². The molecule has 26 heavy (non-hydrogen) atoms. The minimum absolute atomic E-state index is 0.0648. The van der Waals surface area contributed by atoms with Crippen molar-refractivity contribution in [1.82, 2.24) is 9.80 Å². The molecule has 1 N–H and O–H groups in total. The lowest BCUT2D eigenvalue weighted by Gasteiger charge is -2.13. The van der Waals surface area contributed by atoms with Crippen LogP contribution in [0.4, 0.5) is 5.69 Å². The van der Waals surface area contributed by atoms with Crippen molar-refractivity contribution in [2.45, 2.75) is 6.54 Å². The van der Waals surface area contributed by atoms with E-state index in [2.05, 4.69) is 10.2 Å². The topological polar surface area (TPSA) is 61.9 Å². The molecule has 0 radical (unpaired) electrons. The summed E-state index contributed by atoms with van der Waals surface area (Å²) in [6, 6.07) is 14.5. The average Bonchev–Trinajstić information content (AvgIpc) is 2.59. The van der Waals surface area contributed by atoms with Crippen LogP contribution in [0.15, 0.2) is 48.5 Å². The highest BCUT2D eigenvalue weighted by Gasteiger charge is 2.10. The summed E-state index contributed by atoms with van der Waals surface area (Å²) >= 11 is 0. The zero-order chi connectivity index (χ0) is 19.1. The second-order valence-corrected chi connectivity index (χ2v) is 6.50. The van der Waals surface area contributed by atoms with Crippen LogP contribution in [-0.4, -0.2) is 56.4 Å². The third-order valence-electron chi connectivity index (χ3n) is 3.64. The molecule has 138 valence electrons. The molecule has 2 amide bonds. The van der Waals surface area contributed by atoms with Gasteiger partial charge < -0.3 is 19.9 Å². The summed E-state index contributed by atoms with van der Waals surface area (Å²) in [6.45, 7) is 0.734. The molecular weight excluding hydrogens is 330 g/mol. The molecule has 0 aliphatic heterocycles. The number of carbonyl (C=O) groups is 2. The first-order valence-electron chi connectivity index (χ1n) is 8.33. The fourth-order valence-electron chi connectivity index (χ4n) is 2.32. The van der Waals surface area contributed by atoms with Crippen LogP contribution in [-0.2, 0) is 11.3 Å². The van der Waals surface area contributed by atoms with Gasteiger partial charge in [0, 0.05) is 31.9 Å². The monoisotopic (exact) mass is 355 g/mol. The number of rotatable bonds is 7. The minimum Gasteiger partial charge on any atom is -0.484 e. The van der Waals surface area contributed by atoms with Crippen LogP contribution in [0.1, 0.15) is 15.9 Å². The fraction of sp³-hybridized carbons (Fsp3) is 0.300. The Morgan fingerprint density at radius 2 is 1.73 bits per heavy atom. The highest BCUT2D eigenvalue weighted by Crippen LogP contribution is 2.17. The number of carbonyl (C=O) groups excluding carboxylic acids is 2. The van der Waals surface area contributed by atoms with Crippen molar-refractivity contribution in [2.75, 3.05) is 40.1 Å². The van der Waals surface area contributed by atoms with Crippen LogP contribution in [0.3, 0.4) is 0 Å². The molecule has 0 bridgehead atoms. The van der Waals surface area contributed by atoms with Crippen molar-refractivity contribution >= 4 is 17.5 Å². The molecule has 0 atom stereocenters. The van der Waals surface area contributed by atoms with Gasteiger partial charge in [0.1, 0.15) is 5.75 Å². The Kier molecular flexibility index (Phi) is 6.74. The van der Waals surface area contributed by atoms with Crippen LogP contribution in [0.25, 0.3) is 0 Å². The lowest BCUT2D eigenvalue weighted by Crippen LogP contribution is -2.27. The van der Waals surface area contributed by atoms with Gasteiger partial charge in [0.15, 0.2) is 6.61 Å². The van der Waals surface area contributed by atoms with E-state index in [1.54, 1.807) is 38.4 Å². The third-order valence-corrected chi connectivity index (χ3v) is 3.64. The van der Waals surface area contributed by atoms with Gasteiger partial charge in [-0.25, -0.2) is 0 Å². The van der Waals surface area contributed by atoms with E-state index >= 15 is 0 Å². The number of nitrogens with zero attached hydrogens (tertiary/aromatic N) is 2. The van der Waals surface area contributed by atoms with Crippen LogP contribution in [0.5, 0.6) is 5.75 Å². The minimum atomic E-state index is -0.226. The zero-order valence-electron chi connectivity index (χ0n) is 15.7. The molecule has 0 spiro atoms. The molecule has 2 aromatic rings. The summed E-state index contributed by atoms with van der Waals surface area (Å²) in [7, 11) is 7.33. The number of ether oxygens (including phenoxy) is 1. The van der Waals surface area contributed by atoms with Gasteiger partial charge in [-0.15, -0.1) is 0 Å². The summed E-state index contributed by atoms with van der Waals surface area (Å²) in [5, 5.41) is 2.89. The second kappa shape index (κ2) is 9.01.